The Hall–Kier alpha value is -3.74. The number of hydrogen-bond donors (Lipinski definition) is 4. The van der Waals surface area contributed by atoms with Gasteiger partial charge in [-0.3, -0.25) is 14.4 Å². The average Bonchev–Trinajstić information content (AvgIpc) is 3.68. The van der Waals surface area contributed by atoms with Crippen molar-refractivity contribution in [1.29, 1.82) is 0 Å². The van der Waals surface area contributed by atoms with Gasteiger partial charge in [-0.25, -0.2) is 0 Å². The molecule has 3 aromatic carbocycles. The molecule has 5 N–H and O–H groups in total. The van der Waals surface area contributed by atoms with E-state index in [9.17, 15) is 24.3 Å². The molecule has 47 heavy (non-hydrogen) atoms. The smallest absolute Gasteiger partial charge is 0.264 e. The molecule has 3 aromatic rings. The molecular formula is C35H41ClN4O6Si. The second-order valence-electron chi connectivity index (χ2n) is 13.5. The van der Waals surface area contributed by atoms with E-state index in [2.05, 4.69) is 5.32 Å². The van der Waals surface area contributed by atoms with E-state index in [-0.39, 0.29) is 43.3 Å². The number of amides is 3. The van der Waals surface area contributed by atoms with E-state index in [4.69, 9.17) is 22.1 Å². The number of benzene rings is 3. The summed E-state index contributed by atoms with van der Waals surface area (Å²) in [5, 5.41) is 13.2. The van der Waals surface area contributed by atoms with Crippen LogP contribution in [0.25, 0.3) is 0 Å². The molecule has 3 aliphatic heterocycles. The number of likely N-dealkylation sites (tertiary alicyclic amines) is 1. The number of fused-ring (bicyclic) bond motifs is 2. The Morgan fingerprint density at radius 2 is 1.87 bits per heavy atom. The average molecular weight is 677 g/mol. The maximum atomic E-state index is 14.7. The number of hydrogen-bond acceptors (Lipinski definition) is 7. The first-order chi connectivity index (χ1) is 22.3. The highest BCUT2D eigenvalue weighted by Gasteiger charge is 2.66. The SMILES string of the molecule is C[C@@H]1[C@@H]([Si](C)(C)O)[C@H](CC(=O)N2CCC[C@H]2CO)O[C@@]12C(=O)N(Cc1cccc(NC(=O)c3ccc(N)cc3)c1)c1ccc(Cl)cc12. The number of halogens is 1. The molecule has 3 heterocycles. The van der Waals surface area contributed by atoms with Gasteiger partial charge >= 0.3 is 0 Å². The first-order valence-electron chi connectivity index (χ1n) is 16.0. The van der Waals surface area contributed by atoms with Gasteiger partial charge in [-0.15, -0.1) is 0 Å². The molecule has 12 heteroatoms. The van der Waals surface area contributed by atoms with Crippen LogP contribution in [0, 0.1) is 5.92 Å². The van der Waals surface area contributed by atoms with Crippen molar-refractivity contribution in [2.75, 3.05) is 29.1 Å². The third-order valence-corrected chi connectivity index (χ3v) is 12.7. The Morgan fingerprint density at radius 3 is 2.57 bits per heavy atom. The molecule has 0 aliphatic carbocycles. The van der Waals surface area contributed by atoms with Crippen LogP contribution in [0.4, 0.5) is 17.1 Å². The second-order valence-corrected chi connectivity index (χ2v) is 17.9. The Labute approximate surface area is 280 Å². The summed E-state index contributed by atoms with van der Waals surface area (Å²) in [5.74, 6) is -1.18. The molecule has 3 aliphatic rings. The Bertz CT molecular complexity index is 1700. The molecule has 248 valence electrons. The molecule has 0 unspecified atom stereocenters. The summed E-state index contributed by atoms with van der Waals surface area (Å²) in [6, 6.07) is 19.0. The molecule has 5 atom stereocenters. The van der Waals surface area contributed by atoms with Gasteiger partial charge in [0.2, 0.25) is 5.91 Å². The van der Waals surface area contributed by atoms with Gasteiger partial charge in [0, 0.05) is 45.5 Å². The van der Waals surface area contributed by atoms with E-state index in [1.807, 2.05) is 38.2 Å². The maximum Gasteiger partial charge on any atom is 0.264 e. The third kappa shape index (κ3) is 6.07. The Morgan fingerprint density at radius 1 is 1.13 bits per heavy atom. The Kier molecular flexibility index (Phi) is 8.96. The van der Waals surface area contributed by atoms with Crippen molar-refractivity contribution in [3.05, 3.63) is 88.4 Å². The molecular weight excluding hydrogens is 636 g/mol. The maximum absolute atomic E-state index is 14.7. The molecule has 3 amide bonds. The fourth-order valence-electron chi connectivity index (χ4n) is 7.82. The zero-order valence-electron chi connectivity index (χ0n) is 26.8. The third-order valence-electron chi connectivity index (χ3n) is 9.93. The van der Waals surface area contributed by atoms with Crippen LogP contribution >= 0.6 is 11.6 Å². The van der Waals surface area contributed by atoms with Crippen LogP contribution in [-0.4, -0.2) is 66.1 Å². The highest BCUT2D eigenvalue weighted by atomic mass is 35.5. The molecule has 2 fully saturated rings. The number of aliphatic hydroxyl groups is 1. The number of nitrogens with zero attached hydrogens (tertiary/aromatic N) is 2. The zero-order chi connectivity index (χ0) is 33.7. The number of carbonyl (C=O) groups is 3. The van der Waals surface area contributed by atoms with E-state index in [1.54, 1.807) is 58.3 Å². The van der Waals surface area contributed by atoms with Crippen molar-refractivity contribution >= 4 is 54.7 Å². The number of rotatable bonds is 8. The lowest BCUT2D eigenvalue weighted by molar-refractivity contribution is -0.150. The van der Waals surface area contributed by atoms with E-state index in [1.165, 1.54) is 0 Å². The number of anilines is 3. The number of nitrogen functional groups attached to an aromatic ring is 1. The zero-order valence-corrected chi connectivity index (χ0v) is 28.5. The number of carbonyl (C=O) groups excluding carboxylic acids is 3. The van der Waals surface area contributed by atoms with Gasteiger partial charge in [-0.05, 0) is 86.1 Å². The van der Waals surface area contributed by atoms with Gasteiger partial charge in [0.25, 0.3) is 11.8 Å². The minimum absolute atomic E-state index is 0.00315. The predicted molar refractivity (Wildman–Crippen MR) is 183 cm³/mol. The summed E-state index contributed by atoms with van der Waals surface area (Å²) in [6.07, 6.45) is 0.858. The van der Waals surface area contributed by atoms with Crippen molar-refractivity contribution in [3.8, 4) is 0 Å². The lowest BCUT2D eigenvalue weighted by Gasteiger charge is -2.32. The topological polar surface area (TPSA) is 145 Å². The second kappa shape index (κ2) is 12.7. The van der Waals surface area contributed by atoms with Gasteiger partial charge in [0.1, 0.15) is 0 Å². The summed E-state index contributed by atoms with van der Waals surface area (Å²) in [5.41, 5.74) is 7.52. The van der Waals surface area contributed by atoms with E-state index in [0.29, 0.717) is 39.8 Å². The minimum atomic E-state index is -2.99. The van der Waals surface area contributed by atoms with Crippen LogP contribution in [0.1, 0.15) is 47.7 Å². The summed E-state index contributed by atoms with van der Waals surface area (Å²) in [7, 11) is -2.99. The van der Waals surface area contributed by atoms with E-state index in [0.717, 1.165) is 18.4 Å². The molecule has 2 saturated heterocycles. The summed E-state index contributed by atoms with van der Waals surface area (Å²) < 4.78 is 6.80. The highest BCUT2D eigenvalue weighted by molar-refractivity contribution is 6.71. The van der Waals surface area contributed by atoms with Crippen LogP contribution < -0.4 is 16.0 Å². The van der Waals surface area contributed by atoms with Crippen LogP contribution in [-0.2, 0) is 26.5 Å². The molecule has 0 saturated carbocycles. The first-order valence-corrected chi connectivity index (χ1v) is 19.4. The van der Waals surface area contributed by atoms with Gasteiger partial charge in [0.05, 0.1) is 37.4 Å². The van der Waals surface area contributed by atoms with Gasteiger partial charge in [0.15, 0.2) is 13.9 Å². The molecule has 1 spiro atoms. The quantitative estimate of drug-likeness (QED) is 0.196. The van der Waals surface area contributed by atoms with Crippen LogP contribution in [0.3, 0.4) is 0 Å². The predicted octanol–water partition coefficient (Wildman–Crippen LogP) is 4.89. The number of aliphatic hydroxyl groups excluding tert-OH is 1. The monoisotopic (exact) mass is 676 g/mol. The standard InChI is InChI=1S/C35H41ClN4O6Si/c1-21-32(47(2,3)45)30(18-31(42)39-15-5-8-27(39)20-41)46-35(21)28-17-24(36)11-14-29(28)40(34(35)44)19-22-6-4-7-26(16-22)38-33(43)23-9-12-25(37)13-10-23/h4,6-7,9-14,16-17,21,27,30,32,41,45H,5,8,15,18-20,37H2,1-3H3,(H,38,43)/t21-,27+,30+,32-,35+/m1/s1. The summed E-state index contributed by atoms with van der Waals surface area (Å²) in [4.78, 5) is 56.1. The van der Waals surface area contributed by atoms with Crippen molar-refractivity contribution in [2.45, 2.75) is 69.1 Å². The summed E-state index contributed by atoms with van der Waals surface area (Å²) >= 11 is 6.52. The molecule has 6 rings (SSSR count). The van der Waals surface area contributed by atoms with E-state index < -0.39 is 31.5 Å². The molecule has 0 aromatic heterocycles. The van der Waals surface area contributed by atoms with Crippen LogP contribution in [0.2, 0.25) is 23.7 Å². The Balaban J connectivity index is 1.30. The van der Waals surface area contributed by atoms with E-state index >= 15 is 0 Å². The lowest BCUT2D eigenvalue weighted by atomic mass is 9.82. The number of nitrogens with two attached hydrogens (primary N) is 1. The fourth-order valence-corrected chi connectivity index (χ4v) is 10.5. The first kappa shape index (κ1) is 33.2. The minimum Gasteiger partial charge on any atom is -0.432 e. The van der Waals surface area contributed by atoms with Crippen molar-refractivity contribution < 1.29 is 29.0 Å². The van der Waals surface area contributed by atoms with Gasteiger partial charge in [-0.1, -0.05) is 30.7 Å². The highest BCUT2D eigenvalue weighted by Crippen LogP contribution is 2.60. The summed E-state index contributed by atoms with van der Waals surface area (Å²) in [6.45, 7) is 6.21. The largest absolute Gasteiger partial charge is 0.432 e. The normalized spacial score (nSPS) is 25.4. The van der Waals surface area contributed by atoms with Crippen molar-refractivity contribution in [3.63, 3.8) is 0 Å². The molecule has 10 nitrogen and oxygen atoms in total. The van der Waals surface area contributed by atoms with Crippen LogP contribution in [0.15, 0.2) is 66.7 Å². The van der Waals surface area contributed by atoms with Gasteiger partial charge in [-0.2, -0.15) is 0 Å². The molecule has 0 bridgehead atoms. The molecule has 0 radical (unpaired) electrons. The van der Waals surface area contributed by atoms with Crippen molar-refractivity contribution in [1.82, 2.24) is 4.90 Å². The fraction of sp³-hybridized carbons (Fsp3) is 0.400. The van der Waals surface area contributed by atoms with Gasteiger partial charge < -0.3 is 35.5 Å². The number of nitrogens with one attached hydrogen (secondary N) is 1. The van der Waals surface area contributed by atoms with Crippen LogP contribution in [0.5, 0.6) is 0 Å². The number of ether oxygens (including phenoxy) is 1. The lowest BCUT2D eigenvalue weighted by Crippen LogP contribution is -2.46. The van der Waals surface area contributed by atoms with Crippen molar-refractivity contribution in [2.24, 2.45) is 5.92 Å².